The van der Waals surface area contributed by atoms with E-state index in [1.165, 1.54) is 5.56 Å². The molecule has 0 bridgehead atoms. The van der Waals surface area contributed by atoms with E-state index in [1.54, 1.807) is 0 Å². The van der Waals surface area contributed by atoms with E-state index in [1.807, 2.05) is 6.07 Å². The summed E-state index contributed by atoms with van der Waals surface area (Å²) in [6.45, 7) is 2.94. The van der Waals surface area contributed by atoms with Crippen LogP contribution in [0.3, 0.4) is 0 Å². The number of rotatable bonds is 3. The first-order valence-corrected chi connectivity index (χ1v) is 5.99. The highest BCUT2D eigenvalue weighted by molar-refractivity contribution is 6.20. The van der Waals surface area contributed by atoms with Gasteiger partial charge in [0.25, 0.3) is 0 Å². The summed E-state index contributed by atoms with van der Waals surface area (Å²) in [7, 11) is 0. The van der Waals surface area contributed by atoms with E-state index in [-0.39, 0.29) is 5.38 Å². The molecule has 1 saturated heterocycles. The minimum atomic E-state index is 0.206. The highest BCUT2D eigenvalue weighted by atomic mass is 35.5. The van der Waals surface area contributed by atoms with Crippen molar-refractivity contribution in [3.63, 3.8) is 0 Å². The molecule has 3 unspecified atom stereocenters. The van der Waals surface area contributed by atoms with Crippen molar-refractivity contribution in [2.24, 2.45) is 5.92 Å². The monoisotopic (exact) mass is 224 g/mol. The van der Waals surface area contributed by atoms with E-state index in [4.69, 9.17) is 16.3 Å². The lowest BCUT2D eigenvalue weighted by molar-refractivity contribution is 0.120. The van der Waals surface area contributed by atoms with Gasteiger partial charge < -0.3 is 4.74 Å². The molecule has 3 atom stereocenters. The van der Waals surface area contributed by atoms with Crippen molar-refractivity contribution in [1.29, 1.82) is 0 Å². The predicted molar refractivity (Wildman–Crippen MR) is 63.3 cm³/mol. The Balaban J connectivity index is 1.90. The molecular weight excluding hydrogens is 208 g/mol. The summed E-state index contributed by atoms with van der Waals surface area (Å²) in [5.41, 5.74) is 1.32. The number of hydrogen-bond donors (Lipinski definition) is 0. The number of hydrogen-bond acceptors (Lipinski definition) is 1. The minimum absolute atomic E-state index is 0.206. The third-order valence-electron chi connectivity index (χ3n) is 3.01. The quantitative estimate of drug-likeness (QED) is 0.717. The van der Waals surface area contributed by atoms with Crippen molar-refractivity contribution in [3.8, 4) is 0 Å². The molecule has 2 rings (SSSR count). The predicted octanol–water partition coefficient (Wildman–Crippen LogP) is 3.26. The summed E-state index contributed by atoms with van der Waals surface area (Å²) in [5.74, 6) is 0.516. The molecule has 0 spiro atoms. The van der Waals surface area contributed by atoms with Gasteiger partial charge in [-0.2, -0.15) is 0 Å². The van der Waals surface area contributed by atoms with Gasteiger partial charge in [0.1, 0.15) is 0 Å². The van der Waals surface area contributed by atoms with Gasteiger partial charge in [0.2, 0.25) is 0 Å². The average molecular weight is 225 g/mol. The third-order valence-corrected chi connectivity index (χ3v) is 3.53. The zero-order valence-electron chi connectivity index (χ0n) is 9.03. The van der Waals surface area contributed by atoms with Crippen LogP contribution in [-0.4, -0.2) is 18.1 Å². The molecule has 0 amide bonds. The van der Waals surface area contributed by atoms with Crippen molar-refractivity contribution >= 4 is 11.6 Å². The van der Waals surface area contributed by atoms with Crippen LogP contribution in [0.4, 0.5) is 0 Å². The van der Waals surface area contributed by atoms with Crippen molar-refractivity contribution < 1.29 is 4.74 Å². The number of alkyl halides is 1. The van der Waals surface area contributed by atoms with E-state index in [9.17, 15) is 0 Å². The molecule has 1 aliphatic rings. The maximum atomic E-state index is 6.41. The molecule has 1 aromatic carbocycles. The molecule has 0 N–H and O–H groups in total. The van der Waals surface area contributed by atoms with Gasteiger partial charge in [-0.05, 0) is 25.3 Å². The van der Waals surface area contributed by atoms with E-state index < -0.39 is 0 Å². The van der Waals surface area contributed by atoms with Gasteiger partial charge in [-0.3, -0.25) is 0 Å². The van der Waals surface area contributed by atoms with Crippen molar-refractivity contribution in [3.05, 3.63) is 35.9 Å². The SMILES string of the molecule is CC1CC(C(Cl)Cc2ccccc2)CO1. The molecule has 15 heavy (non-hydrogen) atoms. The molecule has 0 radical (unpaired) electrons. The van der Waals surface area contributed by atoms with Crippen LogP contribution in [0.5, 0.6) is 0 Å². The molecule has 1 heterocycles. The van der Waals surface area contributed by atoms with Gasteiger partial charge in [0, 0.05) is 11.3 Å². The summed E-state index contributed by atoms with van der Waals surface area (Å²) < 4.78 is 5.54. The second kappa shape index (κ2) is 5.00. The van der Waals surface area contributed by atoms with Gasteiger partial charge in [0.15, 0.2) is 0 Å². The first kappa shape index (κ1) is 11.0. The maximum absolute atomic E-state index is 6.41. The first-order valence-electron chi connectivity index (χ1n) is 5.55. The summed E-state index contributed by atoms with van der Waals surface area (Å²) in [4.78, 5) is 0. The van der Waals surface area contributed by atoms with Crippen LogP contribution in [-0.2, 0) is 11.2 Å². The fraction of sp³-hybridized carbons (Fsp3) is 0.538. The smallest absolute Gasteiger partial charge is 0.0551 e. The Morgan fingerprint density at radius 2 is 2.13 bits per heavy atom. The van der Waals surface area contributed by atoms with Gasteiger partial charge in [0.05, 0.1) is 12.7 Å². The molecule has 1 aliphatic heterocycles. The molecule has 1 aromatic rings. The second-order valence-electron chi connectivity index (χ2n) is 4.35. The van der Waals surface area contributed by atoms with Gasteiger partial charge in [-0.25, -0.2) is 0 Å². The topological polar surface area (TPSA) is 9.23 Å². The average Bonchev–Trinajstić information content (AvgIpc) is 2.66. The van der Waals surface area contributed by atoms with Crippen molar-refractivity contribution in [2.45, 2.75) is 31.2 Å². The number of benzene rings is 1. The van der Waals surface area contributed by atoms with Crippen molar-refractivity contribution in [2.75, 3.05) is 6.61 Å². The Bertz CT molecular complexity index is 299. The number of ether oxygens (including phenoxy) is 1. The fourth-order valence-corrected chi connectivity index (χ4v) is 2.46. The molecule has 0 aliphatic carbocycles. The molecule has 2 heteroatoms. The molecular formula is C13H17ClO. The third kappa shape index (κ3) is 2.96. The van der Waals surface area contributed by atoms with Crippen LogP contribution in [0.25, 0.3) is 0 Å². The van der Waals surface area contributed by atoms with Gasteiger partial charge >= 0.3 is 0 Å². The lowest BCUT2D eigenvalue weighted by Gasteiger charge is -2.15. The summed E-state index contributed by atoms with van der Waals surface area (Å²) in [5, 5.41) is 0.206. The lowest BCUT2D eigenvalue weighted by Crippen LogP contribution is -2.17. The maximum Gasteiger partial charge on any atom is 0.0551 e. The van der Waals surface area contributed by atoms with E-state index >= 15 is 0 Å². The highest BCUT2D eigenvalue weighted by Crippen LogP contribution is 2.27. The molecule has 82 valence electrons. The standard InChI is InChI=1S/C13H17ClO/c1-10-7-12(9-15-10)13(14)8-11-5-3-2-4-6-11/h2-6,10,12-13H,7-9H2,1H3. The van der Waals surface area contributed by atoms with E-state index in [0.717, 1.165) is 19.4 Å². The molecule has 1 fully saturated rings. The summed E-state index contributed by atoms with van der Waals surface area (Å²) in [6, 6.07) is 10.4. The fourth-order valence-electron chi connectivity index (χ4n) is 2.11. The van der Waals surface area contributed by atoms with E-state index in [2.05, 4.69) is 31.2 Å². The highest BCUT2D eigenvalue weighted by Gasteiger charge is 2.28. The normalized spacial score (nSPS) is 27.9. The second-order valence-corrected chi connectivity index (χ2v) is 4.91. The Labute approximate surface area is 96.4 Å². The Morgan fingerprint density at radius 3 is 2.73 bits per heavy atom. The molecule has 1 nitrogen and oxygen atoms in total. The van der Waals surface area contributed by atoms with Crippen LogP contribution in [0.2, 0.25) is 0 Å². The summed E-state index contributed by atoms with van der Waals surface area (Å²) in [6.07, 6.45) is 2.43. The van der Waals surface area contributed by atoms with Gasteiger partial charge in [-0.15, -0.1) is 11.6 Å². The molecule has 0 aromatic heterocycles. The van der Waals surface area contributed by atoms with E-state index in [0.29, 0.717) is 12.0 Å². The molecule has 0 saturated carbocycles. The largest absolute Gasteiger partial charge is 0.378 e. The Hall–Kier alpha value is -0.530. The van der Waals surface area contributed by atoms with Crippen LogP contribution in [0.15, 0.2) is 30.3 Å². The number of halogens is 1. The van der Waals surface area contributed by atoms with Gasteiger partial charge in [-0.1, -0.05) is 30.3 Å². The zero-order chi connectivity index (χ0) is 10.7. The zero-order valence-corrected chi connectivity index (χ0v) is 9.78. The Kier molecular flexibility index (Phi) is 3.66. The van der Waals surface area contributed by atoms with Crippen molar-refractivity contribution in [1.82, 2.24) is 0 Å². The first-order chi connectivity index (χ1) is 7.25. The van der Waals surface area contributed by atoms with Crippen LogP contribution in [0.1, 0.15) is 18.9 Å². The van der Waals surface area contributed by atoms with Crippen LogP contribution in [0, 0.1) is 5.92 Å². The van der Waals surface area contributed by atoms with Crippen LogP contribution >= 0.6 is 11.6 Å². The van der Waals surface area contributed by atoms with Crippen LogP contribution < -0.4 is 0 Å². The summed E-state index contributed by atoms with van der Waals surface area (Å²) >= 11 is 6.41. The Morgan fingerprint density at radius 1 is 1.40 bits per heavy atom. The lowest BCUT2D eigenvalue weighted by atomic mass is 9.97. The minimum Gasteiger partial charge on any atom is -0.378 e.